The first-order valence-electron chi connectivity index (χ1n) is 7.06. The number of aromatic amines is 1. The number of para-hydroxylation sites is 2. The predicted octanol–water partition coefficient (Wildman–Crippen LogP) is 2.36. The minimum absolute atomic E-state index is 0.333. The van der Waals surface area contributed by atoms with Crippen LogP contribution in [0.15, 0.2) is 53.6 Å². The molecular weight excluding hydrogens is 310 g/mol. The Morgan fingerprint density at radius 1 is 1.22 bits per heavy atom. The molecule has 0 saturated carbocycles. The van der Waals surface area contributed by atoms with Crippen LogP contribution in [0.5, 0.6) is 0 Å². The predicted molar refractivity (Wildman–Crippen MR) is 89.9 cm³/mol. The van der Waals surface area contributed by atoms with Crippen LogP contribution in [0.1, 0.15) is 10.5 Å². The Hall–Kier alpha value is -2.93. The summed E-state index contributed by atoms with van der Waals surface area (Å²) in [6.07, 6.45) is 0. The van der Waals surface area contributed by atoms with Crippen LogP contribution in [0, 0.1) is 0 Å². The third kappa shape index (κ3) is 2.31. The molecular formula is C16H13N5OS. The Bertz CT molecular complexity index is 1090. The number of rotatable bonds is 2. The van der Waals surface area contributed by atoms with Gasteiger partial charge in [0.25, 0.3) is 5.91 Å². The highest BCUT2D eigenvalue weighted by atomic mass is 32.1. The number of hydrogen-bond acceptors (Lipinski definition) is 4. The molecule has 0 saturated heterocycles. The largest absolute Gasteiger partial charge is 0.318 e. The van der Waals surface area contributed by atoms with Gasteiger partial charge in [-0.15, -0.1) is 5.10 Å². The van der Waals surface area contributed by atoms with E-state index in [4.69, 9.17) is 0 Å². The van der Waals surface area contributed by atoms with Crippen LogP contribution in [0.4, 0.5) is 0 Å². The van der Waals surface area contributed by atoms with Gasteiger partial charge in [0.05, 0.1) is 15.7 Å². The summed E-state index contributed by atoms with van der Waals surface area (Å²) in [5.41, 5.74) is 4.83. The van der Waals surface area contributed by atoms with E-state index in [0.29, 0.717) is 5.69 Å². The maximum atomic E-state index is 12.3. The molecule has 0 bridgehead atoms. The van der Waals surface area contributed by atoms with Gasteiger partial charge >= 0.3 is 0 Å². The summed E-state index contributed by atoms with van der Waals surface area (Å²) in [5.74, 6) is -0.333. The Morgan fingerprint density at radius 2 is 2.00 bits per heavy atom. The van der Waals surface area contributed by atoms with Gasteiger partial charge in [-0.1, -0.05) is 41.7 Å². The maximum absolute atomic E-state index is 12.3. The standard InChI is InChI=1S/C16H13N5OS/c1-21-12-8-4-5-9-13(12)23-16(21)20-19-15(22)14-10-6-2-3-7-11(10)17-18-14/h2-9H,1H3,(H,17,18)(H,19,22). The number of nitrogens with one attached hydrogen (secondary N) is 2. The first-order valence-corrected chi connectivity index (χ1v) is 7.87. The number of thiazole rings is 1. The van der Waals surface area contributed by atoms with Crippen LogP contribution >= 0.6 is 11.3 Å². The lowest BCUT2D eigenvalue weighted by Gasteiger charge is -1.97. The highest BCUT2D eigenvalue weighted by Crippen LogP contribution is 2.16. The molecule has 0 aliphatic rings. The molecule has 4 rings (SSSR count). The van der Waals surface area contributed by atoms with Gasteiger partial charge in [-0.05, 0) is 18.2 Å². The van der Waals surface area contributed by atoms with Gasteiger partial charge in [0.1, 0.15) is 0 Å². The van der Waals surface area contributed by atoms with Gasteiger partial charge in [0, 0.05) is 12.4 Å². The summed E-state index contributed by atoms with van der Waals surface area (Å²) in [6, 6.07) is 15.5. The number of carbonyl (C=O) groups excluding carboxylic acids is 1. The highest BCUT2D eigenvalue weighted by Gasteiger charge is 2.13. The van der Waals surface area contributed by atoms with Crippen molar-refractivity contribution in [1.29, 1.82) is 0 Å². The van der Waals surface area contributed by atoms with Crippen LogP contribution in [0.3, 0.4) is 0 Å². The second kappa shape index (κ2) is 5.36. The van der Waals surface area contributed by atoms with Crippen molar-refractivity contribution in [3.63, 3.8) is 0 Å². The quantitative estimate of drug-likeness (QED) is 0.556. The molecule has 0 radical (unpaired) electrons. The van der Waals surface area contributed by atoms with Crippen LogP contribution in [-0.4, -0.2) is 20.7 Å². The SMILES string of the molecule is Cn1c(=NNC(=O)c2n[nH]c3ccccc23)sc2ccccc21. The number of aromatic nitrogens is 3. The van der Waals surface area contributed by atoms with Gasteiger partial charge in [0.15, 0.2) is 5.69 Å². The fraction of sp³-hybridized carbons (Fsp3) is 0.0625. The van der Waals surface area contributed by atoms with Gasteiger partial charge in [-0.2, -0.15) is 5.10 Å². The Labute approximate surface area is 135 Å². The molecule has 7 heteroatoms. The minimum atomic E-state index is -0.333. The third-order valence-electron chi connectivity index (χ3n) is 3.65. The summed E-state index contributed by atoms with van der Waals surface area (Å²) < 4.78 is 3.07. The highest BCUT2D eigenvalue weighted by molar-refractivity contribution is 7.16. The molecule has 2 heterocycles. The molecule has 0 atom stereocenters. The van der Waals surface area contributed by atoms with Crippen molar-refractivity contribution in [2.24, 2.45) is 12.1 Å². The van der Waals surface area contributed by atoms with Crippen LogP contribution in [0.25, 0.3) is 21.1 Å². The summed E-state index contributed by atoms with van der Waals surface area (Å²) >= 11 is 1.52. The normalized spacial score (nSPS) is 12.1. The van der Waals surface area contributed by atoms with Crippen molar-refractivity contribution in [3.05, 3.63) is 59.0 Å². The van der Waals surface area contributed by atoms with Crippen molar-refractivity contribution in [2.45, 2.75) is 0 Å². The van der Waals surface area contributed by atoms with Crippen molar-refractivity contribution in [3.8, 4) is 0 Å². The zero-order valence-corrected chi connectivity index (χ0v) is 13.1. The second-order valence-corrected chi connectivity index (χ2v) is 6.09. The van der Waals surface area contributed by atoms with Gasteiger partial charge < -0.3 is 4.57 Å². The zero-order chi connectivity index (χ0) is 15.8. The molecule has 2 N–H and O–H groups in total. The molecule has 1 amide bonds. The summed E-state index contributed by atoms with van der Waals surface area (Å²) in [4.78, 5) is 13.0. The molecule has 0 unspecified atom stereocenters. The number of benzene rings is 2. The Balaban J connectivity index is 1.69. The fourth-order valence-electron chi connectivity index (χ4n) is 2.48. The second-order valence-electron chi connectivity index (χ2n) is 5.08. The number of carbonyl (C=O) groups is 1. The smallest absolute Gasteiger partial charge is 0.292 e. The van der Waals surface area contributed by atoms with Crippen LogP contribution in [-0.2, 0) is 7.05 Å². The topological polar surface area (TPSA) is 75.1 Å². The summed E-state index contributed by atoms with van der Waals surface area (Å²) in [6.45, 7) is 0. The Morgan fingerprint density at radius 3 is 2.87 bits per heavy atom. The van der Waals surface area contributed by atoms with Crippen LogP contribution in [0.2, 0.25) is 0 Å². The third-order valence-corrected chi connectivity index (χ3v) is 4.77. The molecule has 0 spiro atoms. The summed E-state index contributed by atoms with van der Waals surface area (Å²) in [5, 5.41) is 11.9. The minimum Gasteiger partial charge on any atom is -0.318 e. The molecule has 0 aliphatic carbocycles. The van der Waals surface area contributed by atoms with Gasteiger partial charge in [-0.3, -0.25) is 9.89 Å². The van der Waals surface area contributed by atoms with E-state index in [9.17, 15) is 4.79 Å². The van der Waals surface area contributed by atoms with Crippen molar-refractivity contribution in [1.82, 2.24) is 20.2 Å². The monoisotopic (exact) mass is 323 g/mol. The molecule has 0 fully saturated rings. The molecule has 114 valence electrons. The van der Waals surface area contributed by atoms with E-state index in [2.05, 4.69) is 20.7 Å². The number of fused-ring (bicyclic) bond motifs is 2. The lowest BCUT2D eigenvalue weighted by Crippen LogP contribution is -2.23. The van der Waals surface area contributed by atoms with Crippen molar-refractivity contribution >= 4 is 38.4 Å². The number of aryl methyl sites for hydroxylation is 1. The van der Waals surface area contributed by atoms with E-state index in [1.54, 1.807) is 0 Å². The van der Waals surface area contributed by atoms with Crippen LogP contribution < -0.4 is 10.2 Å². The molecule has 23 heavy (non-hydrogen) atoms. The van der Waals surface area contributed by atoms with E-state index in [-0.39, 0.29) is 5.91 Å². The van der Waals surface area contributed by atoms with Gasteiger partial charge in [-0.25, -0.2) is 5.43 Å². The zero-order valence-electron chi connectivity index (χ0n) is 12.3. The lowest BCUT2D eigenvalue weighted by molar-refractivity contribution is 0.0949. The number of nitrogens with zero attached hydrogens (tertiary/aromatic N) is 3. The lowest BCUT2D eigenvalue weighted by atomic mass is 10.2. The molecule has 4 aromatic rings. The summed E-state index contributed by atoms with van der Waals surface area (Å²) in [7, 11) is 1.92. The fourth-order valence-corrected chi connectivity index (χ4v) is 3.46. The molecule has 2 aromatic carbocycles. The molecule has 2 aromatic heterocycles. The van der Waals surface area contributed by atoms with E-state index >= 15 is 0 Å². The maximum Gasteiger partial charge on any atom is 0.292 e. The van der Waals surface area contributed by atoms with E-state index in [0.717, 1.165) is 25.9 Å². The number of amides is 1. The van der Waals surface area contributed by atoms with E-state index < -0.39 is 0 Å². The molecule has 6 nitrogen and oxygen atoms in total. The first kappa shape index (κ1) is 13.7. The number of hydrogen-bond donors (Lipinski definition) is 2. The van der Waals surface area contributed by atoms with Gasteiger partial charge in [0.2, 0.25) is 4.80 Å². The average molecular weight is 323 g/mol. The molecule has 0 aliphatic heterocycles. The average Bonchev–Trinajstić information content (AvgIpc) is 3.15. The first-order chi connectivity index (χ1) is 11.2. The van der Waals surface area contributed by atoms with Crippen molar-refractivity contribution < 1.29 is 4.79 Å². The number of H-pyrrole nitrogens is 1. The van der Waals surface area contributed by atoms with E-state index in [1.807, 2.05) is 60.1 Å². The van der Waals surface area contributed by atoms with E-state index in [1.165, 1.54) is 11.3 Å². The Kier molecular flexibility index (Phi) is 3.20. The van der Waals surface area contributed by atoms with Crippen molar-refractivity contribution in [2.75, 3.05) is 0 Å².